The number of aromatic nitrogens is 3. The Kier molecular flexibility index (Phi) is 3.49. The molecule has 118 valence electrons. The summed E-state index contributed by atoms with van der Waals surface area (Å²) < 4.78 is 46.3. The van der Waals surface area contributed by atoms with Crippen LogP contribution in [0.5, 0.6) is 5.75 Å². The van der Waals surface area contributed by atoms with Crippen LogP contribution in [-0.4, -0.2) is 41.1 Å². The van der Waals surface area contributed by atoms with Gasteiger partial charge in [0.15, 0.2) is 0 Å². The number of methoxy groups -OCH3 is 1. The van der Waals surface area contributed by atoms with Crippen LogP contribution < -0.4 is 10.4 Å². The summed E-state index contributed by atoms with van der Waals surface area (Å²) in [4.78, 5) is 11.2. The number of nitrogens with zero attached hydrogens (tertiary/aromatic N) is 3. The van der Waals surface area contributed by atoms with E-state index in [9.17, 15) is 17.6 Å². The van der Waals surface area contributed by atoms with E-state index in [4.69, 9.17) is 4.74 Å². The van der Waals surface area contributed by atoms with Crippen molar-refractivity contribution in [2.45, 2.75) is 18.0 Å². The molecule has 0 radical (unpaired) electrons. The van der Waals surface area contributed by atoms with Gasteiger partial charge in [-0.25, -0.2) is 22.7 Å². The van der Waals surface area contributed by atoms with Gasteiger partial charge < -0.3 is 4.74 Å². The van der Waals surface area contributed by atoms with Crippen LogP contribution in [-0.2, 0) is 23.1 Å². The summed E-state index contributed by atoms with van der Waals surface area (Å²) in [5.74, 6) is -0.297. The number of hydrogen-bond acceptors (Lipinski definition) is 5. The third kappa shape index (κ3) is 2.29. The molecule has 1 aromatic carbocycles. The van der Waals surface area contributed by atoms with Gasteiger partial charge in [0.2, 0.25) is 10.0 Å². The second-order valence-corrected chi connectivity index (χ2v) is 6.64. The van der Waals surface area contributed by atoms with Crippen molar-refractivity contribution in [3.8, 4) is 5.75 Å². The number of sulfonamides is 1. The molecule has 1 N–H and O–H groups in total. The second-order valence-electron chi connectivity index (χ2n) is 4.73. The predicted octanol–water partition coefficient (Wildman–Crippen LogP) is -0.0764. The molecule has 1 aliphatic rings. The molecule has 10 heteroatoms. The van der Waals surface area contributed by atoms with E-state index < -0.39 is 15.8 Å². The molecule has 2 heterocycles. The van der Waals surface area contributed by atoms with Crippen molar-refractivity contribution in [1.82, 2.24) is 19.1 Å². The predicted molar refractivity (Wildman–Crippen MR) is 73.4 cm³/mol. The Labute approximate surface area is 125 Å². The standard InChI is InChI=1S/C12H13FN4O4S/c1-21-9-3-2-8(13)6-10(9)22(19,20)16-4-5-17-11(7-16)14-15-12(17)18/h2-3,6H,4-5,7H2,1H3,(H,15,18). The molecule has 0 saturated heterocycles. The van der Waals surface area contributed by atoms with Gasteiger partial charge in [0.1, 0.15) is 22.3 Å². The largest absolute Gasteiger partial charge is 0.495 e. The molecule has 0 spiro atoms. The van der Waals surface area contributed by atoms with Gasteiger partial charge in [-0.05, 0) is 18.2 Å². The minimum absolute atomic E-state index is 0.0615. The lowest BCUT2D eigenvalue weighted by atomic mass is 10.3. The average Bonchev–Trinajstić information content (AvgIpc) is 2.88. The van der Waals surface area contributed by atoms with Crippen molar-refractivity contribution in [3.63, 3.8) is 0 Å². The molecule has 0 fully saturated rings. The van der Waals surface area contributed by atoms with Crippen LogP contribution in [0.15, 0.2) is 27.9 Å². The summed E-state index contributed by atoms with van der Waals surface area (Å²) >= 11 is 0. The number of fused-ring (bicyclic) bond motifs is 1. The van der Waals surface area contributed by atoms with Gasteiger partial charge in [-0.1, -0.05) is 0 Å². The van der Waals surface area contributed by atoms with E-state index >= 15 is 0 Å². The molecule has 0 atom stereocenters. The third-order valence-electron chi connectivity index (χ3n) is 3.47. The van der Waals surface area contributed by atoms with E-state index in [0.717, 1.165) is 16.4 Å². The Bertz CT molecular complexity index is 873. The van der Waals surface area contributed by atoms with E-state index in [1.807, 2.05) is 0 Å². The lowest BCUT2D eigenvalue weighted by molar-refractivity contribution is 0.329. The van der Waals surface area contributed by atoms with E-state index in [1.54, 1.807) is 0 Å². The Morgan fingerprint density at radius 3 is 2.86 bits per heavy atom. The molecule has 0 aliphatic carbocycles. The fourth-order valence-electron chi connectivity index (χ4n) is 2.35. The Hall–Kier alpha value is -2.20. The highest BCUT2D eigenvalue weighted by molar-refractivity contribution is 7.89. The lowest BCUT2D eigenvalue weighted by Crippen LogP contribution is -2.40. The monoisotopic (exact) mass is 328 g/mol. The molecule has 3 rings (SSSR count). The maximum atomic E-state index is 13.4. The van der Waals surface area contributed by atoms with Crippen LogP contribution >= 0.6 is 0 Å². The van der Waals surface area contributed by atoms with Gasteiger partial charge in [0.05, 0.1) is 13.7 Å². The molecule has 0 bridgehead atoms. The highest BCUT2D eigenvalue weighted by Crippen LogP contribution is 2.29. The van der Waals surface area contributed by atoms with Crippen molar-refractivity contribution in [2.75, 3.05) is 13.7 Å². The molecule has 1 aromatic heterocycles. The average molecular weight is 328 g/mol. The van der Waals surface area contributed by atoms with E-state index in [2.05, 4.69) is 10.2 Å². The molecule has 0 amide bonds. The maximum Gasteiger partial charge on any atom is 0.343 e. The molecule has 0 saturated carbocycles. The minimum atomic E-state index is -3.96. The van der Waals surface area contributed by atoms with Crippen molar-refractivity contribution in [1.29, 1.82) is 0 Å². The van der Waals surface area contributed by atoms with Crippen LogP contribution in [0.25, 0.3) is 0 Å². The fraction of sp³-hybridized carbons (Fsp3) is 0.333. The van der Waals surface area contributed by atoms with Gasteiger partial charge in [-0.3, -0.25) is 4.57 Å². The molecule has 2 aromatic rings. The molecule has 1 aliphatic heterocycles. The van der Waals surface area contributed by atoms with Gasteiger partial charge in [-0.15, -0.1) is 0 Å². The quantitative estimate of drug-likeness (QED) is 0.850. The van der Waals surface area contributed by atoms with Crippen molar-refractivity contribution >= 4 is 10.0 Å². The molecular weight excluding hydrogens is 315 g/mol. The Morgan fingerprint density at radius 1 is 1.36 bits per heavy atom. The van der Waals surface area contributed by atoms with E-state index in [0.29, 0.717) is 5.82 Å². The third-order valence-corrected chi connectivity index (χ3v) is 5.34. The van der Waals surface area contributed by atoms with Crippen LogP contribution in [0.2, 0.25) is 0 Å². The number of H-pyrrole nitrogens is 1. The highest BCUT2D eigenvalue weighted by atomic mass is 32.2. The summed E-state index contributed by atoms with van der Waals surface area (Å²) in [5.41, 5.74) is -0.379. The number of hydrogen-bond donors (Lipinski definition) is 1. The highest BCUT2D eigenvalue weighted by Gasteiger charge is 2.32. The summed E-state index contributed by atoms with van der Waals surface area (Å²) in [6, 6.07) is 3.30. The Balaban J connectivity index is 2.01. The summed E-state index contributed by atoms with van der Waals surface area (Å²) in [6.07, 6.45) is 0. The first-order chi connectivity index (χ1) is 10.4. The van der Waals surface area contributed by atoms with Crippen molar-refractivity contribution < 1.29 is 17.5 Å². The first-order valence-electron chi connectivity index (χ1n) is 6.41. The maximum absolute atomic E-state index is 13.4. The SMILES string of the molecule is COc1ccc(F)cc1S(=O)(=O)N1CCn2c(n[nH]c2=O)C1. The van der Waals surface area contributed by atoms with Crippen LogP contribution in [0, 0.1) is 5.82 Å². The minimum Gasteiger partial charge on any atom is -0.495 e. The summed E-state index contributed by atoms with van der Waals surface area (Å²) in [5, 5.41) is 6.06. The zero-order valence-corrected chi connectivity index (χ0v) is 12.4. The van der Waals surface area contributed by atoms with E-state index in [-0.39, 0.29) is 36.0 Å². The van der Waals surface area contributed by atoms with Crippen molar-refractivity contribution in [3.05, 3.63) is 40.3 Å². The zero-order chi connectivity index (χ0) is 15.9. The van der Waals surface area contributed by atoms with Crippen LogP contribution in [0.1, 0.15) is 5.82 Å². The summed E-state index contributed by atoms with van der Waals surface area (Å²) in [7, 11) is -2.65. The zero-order valence-electron chi connectivity index (χ0n) is 11.6. The molecular formula is C12H13FN4O4S. The molecule has 22 heavy (non-hydrogen) atoms. The topological polar surface area (TPSA) is 97.3 Å². The van der Waals surface area contributed by atoms with Gasteiger partial charge in [0, 0.05) is 13.1 Å². The van der Waals surface area contributed by atoms with Crippen LogP contribution in [0.3, 0.4) is 0 Å². The van der Waals surface area contributed by atoms with Gasteiger partial charge >= 0.3 is 5.69 Å². The number of halogens is 1. The van der Waals surface area contributed by atoms with Crippen molar-refractivity contribution in [2.24, 2.45) is 0 Å². The van der Waals surface area contributed by atoms with Crippen LogP contribution in [0.4, 0.5) is 4.39 Å². The lowest BCUT2D eigenvalue weighted by Gasteiger charge is -2.26. The first kappa shape index (κ1) is 14.7. The van der Waals surface area contributed by atoms with E-state index in [1.165, 1.54) is 17.7 Å². The number of benzene rings is 1. The smallest absolute Gasteiger partial charge is 0.343 e. The second kappa shape index (κ2) is 5.21. The Morgan fingerprint density at radius 2 is 2.14 bits per heavy atom. The molecule has 8 nitrogen and oxygen atoms in total. The van der Waals surface area contributed by atoms with Gasteiger partial charge in [-0.2, -0.15) is 9.40 Å². The number of ether oxygens (including phenoxy) is 1. The first-order valence-corrected chi connectivity index (χ1v) is 7.85. The number of rotatable bonds is 3. The number of aromatic amines is 1. The summed E-state index contributed by atoms with van der Waals surface area (Å²) in [6.45, 7) is 0.205. The fourth-order valence-corrected chi connectivity index (χ4v) is 3.90. The normalized spacial score (nSPS) is 15.5. The van der Waals surface area contributed by atoms with Gasteiger partial charge in [0.25, 0.3) is 0 Å². The number of nitrogens with one attached hydrogen (secondary N) is 1. The molecule has 0 unspecified atom stereocenters.